The molecule has 84 valence electrons. The number of carboxylic acids is 3. The number of aromatic carboxylic acids is 3. The molecule has 0 bridgehead atoms. The van der Waals surface area contributed by atoms with Gasteiger partial charge in [0.15, 0.2) is 0 Å². The van der Waals surface area contributed by atoms with Crippen LogP contribution in [0.25, 0.3) is 0 Å². The lowest BCUT2D eigenvalue weighted by Gasteiger charge is -2.05. The molecule has 0 aromatic heterocycles. The largest absolute Gasteiger partial charge is 0.507 e. The zero-order valence-electron chi connectivity index (χ0n) is 7.67. The summed E-state index contributed by atoms with van der Waals surface area (Å²) in [5.74, 6) is -5.64. The Morgan fingerprint density at radius 3 is 1.81 bits per heavy atom. The number of carboxylic acid groups (broad SMARTS) is 3. The number of hydrogen-bond donors (Lipinski definition) is 4. The van der Waals surface area contributed by atoms with Crippen molar-refractivity contribution < 1.29 is 34.8 Å². The van der Waals surface area contributed by atoms with Gasteiger partial charge in [0, 0.05) is 0 Å². The zero-order chi connectivity index (χ0) is 12.5. The van der Waals surface area contributed by atoms with Crippen molar-refractivity contribution in [3.8, 4) is 5.75 Å². The molecule has 0 saturated carbocycles. The van der Waals surface area contributed by atoms with E-state index in [0.717, 1.165) is 0 Å². The summed E-state index contributed by atoms with van der Waals surface area (Å²) in [6.45, 7) is 0. The van der Waals surface area contributed by atoms with E-state index in [2.05, 4.69) is 0 Å². The summed E-state index contributed by atoms with van der Waals surface area (Å²) in [5, 5.41) is 35.2. The molecule has 0 spiro atoms. The number of aromatic hydroxyl groups is 1. The molecule has 0 amide bonds. The molecule has 0 aliphatic carbocycles. The van der Waals surface area contributed by atoms with Crippen LogP contribution in [-0.2, 0) is 0 Å². The van der Waals surface area contributed by atoms with Crippen LogP contribution in [0.2, 0.25) is 0 Å². The number of hydrogen-bond acceptors (Lipinski definition) is 4. The van der Waals surface area contributed by atoms with Crippen LogP contribution in [0.1, 0.15) is 31.1 Å². The van der Waals surface area contributed by atoms with Gasteiger partial charge in [-0.2, -0.15) is 0 Å². The van der Waals surface area contributed by atoms with E-state index in [4.69, 9.17) is 15.3 Å². The third kappa shape index (κ3) is 1.92. The number of carbonyl (C=O) groups is 3. The summed E-state index contributed by atoms with van der Waals surface area (Å²) in [6, 6.07) is 1.35. The Kier molecular flexibility index (Phi) is 2.80. The standard InChI is InChI=1S/C9H6O7/c10-5-2-3(7(11)12)1-4(8(13)14)6(5)9(15)16/h1-2,10H,(H,11,12)(H,13,14)(H,15,16). The van der Waals surface area contributed by atoms with E-state index in [0.29, 0.717) is 12.1 Å². The van der Waals surface area contributed by atoms with Gasteiger partial charge in [0.2, 0.25) is 0 Å². The molecule has 0 fully saturated rings. The molecule has 0 saturated heterocycles. The molecule has 1 rings (SSSR count). The molecule has 0 aliphatic heterocycles. The lowest BCUT2D eigenvalue weighted by molar-refractivity contribution is 0.0645. The normalized spacial score (nSPS) is 9.75. The second-order valence-corrected chi connectivity index (χ2v) is 2.83. The second-order valence-electron chi connectivity index (χ2n) is 2.83. The second kappa shape index (κ2) is 3.89. The van der Waals surface area contributed by atoms with Crippen LogP contribution < -0.4 is 0 Å². The fourth-order valence-electron chi connectivity index (χ4n) is 1.14. The van der Waals surface area contributed by atoms with Gasteiger partial charge in [-0.1, -0.05) is 0 Å². The van der Waals surface area contributed by atoms with Crippen molar-refractivity contribution in [2.45, 2.75) is 0 Å². The molecule has 0 heterocycles. The van der Waals surface area contributed by atoms with Gasteiger partial charge in [0.1, 0.15) is 11.3 Å². The van der Waals surface area contributed by atoms with Crippen molar-refractivity contribution in [2.24, 2.45) is 0 Å². The van der Waals surface area contributed by atoms with Gasteiger partial charge in [-0.15, -0.1) is 0 Å². The minimum Gasteiger partial charge on any atom is -0.507 e. The molecule has 7 nitrogen and oxygen atoms in total. The minimum atomic E-state index is -1.65. The first kappa shape index (κ1) is 11.5. The van der Waals surface area contributed by atoms with E-state index in [-0.39, 0.29) is 0 Å². The zero-order valence-corrected chi connectivity index (χ0v) is 7.67. The smallest absolute Gasteiger partial charge is 0.340 e. The van der Waals surface area contributed by atoms with Crippen LogP contribution >= 0.6 is 0 Å². The Balaban J connectivity index is 3.58. The van der Waals surface area contributed by atoms with Crippen LogP contribution in [0.4, 0.5) is 0 Å². The molecule has 4 N–H and O–H groups in total. The Morgan fingerprint density at radius 1 is 0.875 bits per heavy atom. The summed E-state index contributed by atoms with van der Waals surface area (Å²) >= 11 is 0. The molecular weight excluding hydrogens is 220 g/mol. The summed E-state index contributed by atoms with van der Waals surface area (Å²) in [6.07, 6.45) is 0. The summed E-state index contributed by atoms with van der Waals surface area (Å²) < 4.78 is 0. The molecule has 0 aliphatic rings. The van der Waals surface area contributed by atoms with Gasteiger partial charge in [-0.05, 0) is 12.1 Å². The first-order chi connectivity index (χ1) is 7.34. The van der Waals surface area contributed by atoms with E-state index >= 15 is 0 Å². The highest BCUT2D eigenvalue weighted by atomic mass is 16.4. The van der Waals surface area contributed by atoms with Gasteiger partial charge in [0.25, 0.3) is 0 Å². The van der Waals surface area contributed by atoms with Gasteiger partial charge in [0.05, 0.1) is 11.1 Å². The highest BCUT2D eigenvalue weighted by molar-refractivity contribution is 6.05. The third-order valence-corrected chi connectivity index (χ3v) is 1.81. The minimum absolute atomic E-state index is 0.500. The van der Waals surface area contributed by atoms with E-state index in [9.17, 15) is 19.5 Å². The third-order valence-electron chi connectivity index (χ3n) is 1.81. The van der Waals surface area contributed by atoms with E-state index in [1.165, 1.54) is 0 Å². The molecule has 16 heavy (non-hydrogen) atoms. The van der Waals surface area contributed by atoms with Gasteiger partial charge >= 0.3 is 17.9 Å². The van der Waals surface area contributed by atoms with Crippen LogP contribution in [0.15, 0.2) is 12.1 Å². The van der Waals surface area contributed by atoms with Crippen LogP contribution in [0, 0.1) is 0 Å². The number of benzene rings is 1. The van der Waals surface area contributed by atoms with Gasteiger partial charge < -0.3 is 20.4 Å². The van der Waals surface area contributed by atoms with Crippen LogP contribution in [-0.4, -0.2) is 38.3 Å². The lowest BCUT2D eigenvalue weighted by atomic mass is 10.0. The number of phenols is 1. The molecule has 7 heteroatoms. The van der Waals surface area contributed by atoms with Crippen LogP contribution in [0.5, 0.6) is 5.75 Å². The maximum Gasteiger partial charge on any atom is 0.340 e. The van der Waals surface area contributed by atoms with Gasteiger partial charge in [-0.3, -0.25) is 0 Å². The fraction of sp³-hybridized carbons (Fsp3) is 0. The highest BCUT2D eigenvalue weighted by Gasteiger charge is 2.23. The fourth-order valence-corrected chi connectivity index (χ4v) is 1.14. The van der Waals surface area contributed by atoms with Gasteiger partial charge in [-0.25, -0.2) is 14.4 Å². The average molecular weight is 226 g/mol. The first-order valence-corrected chi connectivity index (χ1v) is 3.91. The topological polar surface area (TPSA) is 132 Å². The maximum absolute atomic E-state index is 10.7. The van der Waals surface area contributed by atoms with Crippen molar-refractivity contribution in [1.82, 2.24) is 0 Å². The van der Waals surface area contributed by atoms with Crippen molar-refractivity contribution in [3.05, 3.63) is 28.8 Å². The summed E-state index contributed by atoms with van der Waals surface area (Å²) in [7, 11) is 0. The summed E-state index contributed by atoms with van der Waals surface area (Å²) in [4.78, 5) is 31.9. The molecule has 0 unspecified atom stereocenters. The molecule has 0 atom stereocenters. The van der Waals surface area contributed by atoms with Crippen molar-refractivity contribution >= 4 is 17.9 Å². The Morgan fingerprint density at radius 2 is 1.44 bits per heavy atom. The first-order valence-electron chi connectivity index (χ1n) is 3.91. The van der Waals surface area contributed by atoms with Crippen LogP contribution in [0.3, 0.4) is 0 Å². The lowest BCUT2D eigenvalue weighted by Crippen LogP contribution is -2.10. The average Bonchev–Trinajstić information content (AvgIpc) is 2.15. The van der Waals surface area contributed by atoms with Crippen molar-refractivity contribution in [2.75, 3.05) is 0 Å². The van der Waals surface area contributed by atoms with E-state index in [1.54, 1.807) is 0 Å². The molecule has 0 radical (unpaired) electrons. The Bertz CT molecular complexity index is 489. The predicted molar refractivity (Wildman–Crippen MR) is 49.0 cm³/mol. The SMILES string of the molecule is O=C(O)c1cc(O)c(C(=O)O)c(C(=O)O)c1. The molecular formula is C9H6O7. The van der Waals surface area contributed by atoms with E-state index in [1.807, 2.05) is 0 Å². The predicted octanol–water partition coefficient (Wildman–Crippen LogP) is 0.487. The molecule has 1 aromatic carbocycles. The molecule has 1 aromatic rings. The highest BCUT2D eigenvalue weighted by Crippen LogP contribution is 2.24. The van der Waals surface area contributed by atoms with Crippen molar-refractivity contribution in [1.29, 1.82) is 0 Å². The monoisotopic (exact) mass is 226 g/mol. The summed E-state index contributed by atoms with van der Waals surface area (Å²) in [5.41, 5.74) is -2.11. The van der Waals surface area contributed by atoms with E-state index < -0.39 is 40.3 Å². The van der Waals surface area contributed by atoms with Crippen molar-refractivity contribution in [3.63, 3.8) is 0 Å². The Hall–Kier alpha value is -2.57. The quantitative estimate of drug-likeness (QED) is 0.589. The Labute approximate surface area is 88.2 Å². The maximum atomic E-state index is 10.7. The number of rotatable bonds is 3.